The van der Waals surface area contributed by atoms with Crippen LogP contribution >= 0.6 is 0 Å². The number of nitrogens with zero attached hydrogens (tertiary/aromatic N) is 2. The quantitative estimate of drug-likeness (QED) is 0.924. The second-order valence-electron chi connectivity index (χ2n) is 6.37. The Morgan fingerprint density at radius 2 is 2.00 bits per heavy atom. The van der Waals surface area contributed by atoms with Crippen molar-refractivity contribution >= 4 is 0 Å². The molecule has 112 valence electrons. The standard InChI is InChI=1S/C16H26N2O2/c1-2-18-11-14(10-17-18)20-16-8-4-6-13-9-12(13)5-3-7-15(16)19/h10-13,15-16,19H,2-9H2,1H3/t12-,13+,15-,16-/m1/s1. The van der Waals surface area contributed by atoms with Crippen LogP contribution in [-0.4, -0.2) is 27.1 Å². The lowest BCUT2D eigenvalue weighted by Crippen LogP contribution is -2.32. The monoisotopic (exact) mass is 278 g/mol. The Balaban J connectivity index is 1.59. The van der Waals surface area contributed by atoms with E-state index in [0.717, 1.165) is 43.4 Å². The van der Waals surface area contributed by atoms with Crippen LogP contribution in [0.15, 0.2) is 12.4 Å². The fraction of sp³-hybridized carbons (Fsp3) is 0.812. The third-order valence-electron chi connectivity index (χ3n) is 4.86. The summed E-state index contributed by atoms with van der Waals surface area (Å²) >= 11 is 0. The molecule has 0 saturated heterocycles. The molecular formula is C16H26N2O2. The molecule has 0 unspecified atom stereocenters. The molecule has 4 heteroatoms. The fourth-order valence-corrected chi connectivity index (χ4v) is 3.46. The molecule has 2 fully saturated rings. The van der Waals surface area contributed by atoms with Crippen molar-refractivity contribution in [2.75, 3.05) is 0 Å². The lowest BCUT2D eigenvalue weighted by atomic mass is 9.97. The summed E-state index contributed by atoms with van der Waals surface area (Å²) in [6.07, 6.45) is 11.4. The number of aromatic nitrogens is 2. The van der Waals surface area contributed by atoms with Crippen molar-refractivity contribution in [3.8, 4) is 5.75 Å². The topological polar surface area (TPSA) is 47.3 Å². The number of aliphatic hydroxyl groups is 1. The molecule has 0 amide bonds. The van der Waals surface area contributed by atoms with E-state index in [1.807, 2.05) is 10.9 Å². The van der Waals surface area contributed by atoms with Crippen molar-refractivity contribution in [2.45, 2.75) is 70.6 Å². The molecule has 1 N–H and O–H groups in total. The van der Waals surface area contributed by atoms with Crippen LogP contribution in [0, 0.1) is 11.8 Å². The molecular weight excluding hydrogens is 252 g/mol. The van der Waals surface area contributed by atoms with Gasteiger partial charge in [0.1, 0.15) is 6.10 Å². The third-order valence-corrected chi connectivity index (χ3v) is 4.86. The first-order valence-electron chi connectivity index (χ1n) is 8.13. The SMILES string of the molecule is CCn1cc(O[C@@H]2CCC[C@H]3C[C@H]3CCC[C@H]2O)cn1. The van der Waals surface area contributed by atoms with E-state index in [1.165, 1.54) is 25.7 Å². The van der Waals surface area contributed by atoms with Gasteiger partial charge in [0.2, 0.25) is 0 Å². The van der Waals surface area contributed by atoms with Crippen molar-refractivity contribution in [1.82, 2.24) is 9.78 Å². The molecule has 20 heavy (non-hydrogen) atoms. The molecule has 0 spiro atoms. The average Bonchev–Trinajstić information content (AvgIpc) is 3.03. The molecule has 0 bridgehead atoms. The highest BCUT2D eigenvalue weighted by Crippen LogP contribution is 2.46. The van der Waals surface area contributed by atoms with Gasteiger partial charge in [0.05, 0.1) is 18.5 Å². The first-order valence-corrected chi connectivity index (χ1v) is 8.13. The Kier molecular flexibility index (Phi) is 4.29. The Morgan fingerprint density at radius 3 is 2.70 bits per heavy atom. The van der Waals surface area contributed by atoms with Gasteiger partial charge in [-0.15, -0.1) is 0 Å². The van der Waals surface area contributed by atoms with Crippen LogP contribution in [0.1, 0.15) is 51.9 Å². The van der Waals surface area contributed by atoms with Crippen molar-refractivity contribution in [3.05, 3.63) is 12.4 Å². The normalized spacial score (nSPS) is 34.3. The predicted octanol–water partition coefficient (Wildman–Crippen LogP) is 3.00. The van der Waals surface area contributed by atoms with Crippen LogP contribution in [0.2, 0.25) is 0 Å². The first kappa shape index (κ1) is 13.9. The highest BCUT2D eigenvalue weighted by Gasteiger charge is 2.37. The summed E-state index contributed by atoms with van der Waals surface area (Å²) in [7, 11) is 0. The van der Waals surface area contributed by atoms with E-state index in [-0.39, 0.29) is 12.2 Å². The molecule has 1 heterocycles. The molecule has 2 saturated carbocycles. The zero-order valence-corrected chi connectivity index (χ0v) is 12.4. The summed E-state index contributed by atoms with van der Waals surface area (Å²) in [5, 5.41) is 14.6. The Morgan fingerprint density at radius 1 is 1.25 bits per heavy atom. The van der Waals surface area contributed by atoms with E-state index in [0.29, 0.717) is 0 Å². The number of hydrogen-bond donors (Lipinski definition) is 1. The lowest BCUT2D eigenvalue weighted by molar-refractivity contribution is 0.0216. The predicted molar refractivity (Wildman–Crippen MR) is 77.6 cm³/mol. The van der Waals surface area contributed by atoms with Crippen molar-refractivity contribution in [3.63, 3.8) is 0 Å². The van der Waals surface area contributed by atoms with Crippen molar-refractivity contribution < 1.29 is 9.84 Å². The van der Waals surface area contributed by atoms with Gasteiger partial charge in [0.15, 0.2) is 5.75 Å². The summed E-state index contributed by atoms with van der Waals surface area (Å²) < 4.78 is 7.86. The third kappa shape index (κ3) is 3.35. The van der Waals surface area contributed by atoms with E-state index in [9.17, 15) is 5.11 Å². The van der Waals surface area contributed by atoms with E-state index in [2.05, 4.69) is 12.0 Å². The molecule has 4 atom stereocenters. The minimum absolute atomic E-state index is 0.0696. The number of rotatable bonds is 3. The number of fused-ring (bicyclic) bond motifs is 1. The molecule has 2 aliphatic carbocycles. The van der Waals surface area contributed by atoms with Gasteiger partial charge < -0.3 is 9.84 Å². The Bertz CT molecular complexity index is 432. The maximum absolute atomic E-state index is 10.4. The van der Waals surface area contributed by atoms with E-state index < -0.39 is 0 Å². The van der Waals surface area contributed by atoms with Gasteiger partial charge in [-0.05, 0) is 44.4 Å². The molecule has 1 aromatic heterocycles. The minimum atomic E-state index is -0.338. The van der Waals surface area contributed by atoms with Gasteiger partial charge in [0.25, 0.3) is 0 Å². The summed E-state index contributed by atoms with van der Waals surface area (Å²) in [4.78, 5) is 0. The van der Waals surface area contributed by atoms with Gasteiger partial charge in [-0.25, -0.2) is 0 Å². The first-order chi connectivity index (χ1) is 9.76. The molecule has 0 radical (unpaired) electrons. The molecule has 0 aliphatic heterocycles. The summed E-state index contributed by atoms with van der Waals surface area (Å²) in [6, 6.07) is 0. The summed E-state index contributed by atoms with van der Waals surface area (Å²) in [6.45, 7) is 2.90. The van der Waals surface area contributed by atoms with E-state index in [1.54, 1.807) is 6.20 Å². The van der Waals surface area contributed by atoms with Gasteiger partial charge >= 0.3 is 0 Å². The second kappa shape index (κ2) is 6.17. The highest BCUT2D eigenvalue weighted by atomic mass is 16.5. The zero-order valence-electron chi connectivity index (χ0n) is 12.4. The summed E-state index contributed by atoms with van der Waals surface area (Å²) in [5.41, 5.74) is 0. The Hall–Kier alpha value is -1.03. The smallest absolute Gasteiger partial charge is 0.157 e. The number of aryl methyl sites for hydroxylation is 1. The molecule has 2 aliphatic rings. The number of aliphatic hydroxyl groups excluding tert-OH is 1. The maximum atomic E-state index is 10.4. The van der Waals surface area contributed by atoms with E-state index in [4.69, 9.17) is 4.74 Å². The lowest BCUT2D eigenvalue weighted by Gasteiger charge is -2.24. The van der Waals surface area contributed by atoms with Gasteiger partial charge in [0, 0.05) is 6.54 Å². The van der Waals surface area contributed by atoms with Crippen LogP contribution in [0.25, 0.3) is 0 Å². The molecule has 1 aromatic rings. The van der Waals surface area contributed by atoms with Crippen LogP contribution in [0.3, 0.4) is 0 Å². The van der Waals surface area contributed by atoms with Gasteiger partial charge in [-0.1, -0.05) is 19.3 Å². The van der Waals surface area contributed by atoms with E-state index >= 15 is 0 Å². The number of hydrogen-bond acceptors (Lipinski definition) is 3. The van der Waals surface area contributed by atoms with Gasteiger partial charge in [-0.2, -0.15) is 5.10 Å². The zero-order chi connectivity index (χ0) is 13.9. The minimum Gasteiger partial charge on any atom is -0.484 e. The second-order valence-corrected chi connectivity index (χ2v) is 6.37. The van der Waals surface area contributed by atoms with Crippen LogP contribution in [0.5, 0.6) is 5.75 Å². The Labute approximate surface area is 121 Å². The molecule has 0 aromatic carbocycles. The van der Waals surface area contributed by atoms with Gasteiger partial charge in [-0.3, -0.25) is 4.68 Å². The molecule has 3 rings (SSSR count). The summed E-state index contributed by atoms with van der Waals surface area (Å²) in [5.74, 6) is 2.72. The molecule has 4 nitrogen and oxygen atoms in total. The maximum Gasteiger partial charge on any atom is 0.157 e. The van der Waals surface area contributed by atoms with Crippen LogP contribution in [0.4, 0.5) is 0 Å². The van der Waals surface area contributed by atoms with Crippen molar-refractivity contribution in [2.24, 2.45) is 11.8 Å². The largest absolute Gasteiger partial charge is 0.484 e. The van der Waals surface area contributed by atoms with Crippen LogP contribution < -0.4 is 4.74 Å². The average molecular weight is 278 g/mol. The van der Waals surface area contributed by atoms with Crippen LogP contribution in [-0.2, 0) is 6.54 Å². The van der Waals surface area contributed by atoms with Crippen molar-refractivity contribution in [1.29, 1.82) is 0 Å². The highest BCUT2D eigenvalue weighted by molar-refractivity contribution is 5.12. The number of ether oxygens (including phenoxy) is 1. The fourth-order valence-electron chi connectivity index (χ4n) is 3.46.